The average molecular weight is 390 g/mol. The molecule has 27 heavy (non-hydrogen) atoms. The molecule has 10 heteroatoms. The number of nitrogens with zero attached hydrogens (tertiary/aromatic N) is 6. The van der Waals surface area contributed by atoms with Crippen molar-refractivity contribution in [2.24, 2.45) is 7.05 Å². The molecule has 1 aliphatic heterocycles. The van der Waals surface area contributed by atoms with Gasteiger partial charge in [-0.05, 0) is 25.7 Å². The van der Waals surface area contributed by atoms with Crippen molar-refractivity contribution in [1.29, 1.82) is 0 Å². The van der Waals surface area contributed by atoms with Crippen molar-refractivity contribution in [2.75, 3.05) is 20.2 Å². The maximum Gasteiger partial charge on any atom is 0.246 e. The lowest BCUT2D eigenvalue weighted by Gasteiger charge is -2.31. The predicted molar refractivity (Wildman–Crippen MR) is 98.2 cm³/mol. The summed E-state index contributed by atoms with van der Waals surface area (Å²) in [5.41, 5.74) is 2.28. The van der Waals surface area contributed by atoms with E-state index in [1.807, 2.05) is 12.3 Å². The first-order chi connectivity index (χ1) is 12.9. The van der Waals surface area contributed by atoms with Gasteiger partial charge >= 0.3 is 0 Å². The number of aromatic nitrogens is 5. The van der Waals surface area contributed by atoms with E-state index in [9.17, 15) is 8.42 Å². The Bertz CT molecular complexity index is 1080. The number of ether oxygens (including phenoxy) is 1. The lowest BCUT2D eigenvalue weighted by molar-refractivity contribution is 0.312. The average Bonchev–Trinajstić information content (AvgIpc) is 3.26. The van der Waals surface area contributed by atoms with E-state index in [0.717, 1.165) is 29.8 Å². The van der Waals surface area contributed by atoms with E-state index in [0.29, 0.717) is 18.8 Å². The molecule has 4 heterocycles. The zero-order chi connectivity index (χ0) is 19.2. The summed E-state index contributed by atoms with van der Waals surface area (Å²) in [5, 5.41) is 8.35. The lowest BCUT2D eigenvalue weighted by Crippen LogP contribution is -2.38. The second-order valence-electron chi connectivity index (χ2n) is 6.79. The van der Waals surface area contributed by atoms with Gasteiger partial charge in [0.2, 0.25) is 10.0 Å². The minimum absolute atomic E-state index is 0.204. The van der Waals surface area contributed by atoms with E-state index < -0.39 is 10.0 Å². The minimum atomic E-state index is -3.53. The molecule has 0 spiro atoms. The van der Waals surface area contributed by atoms with Crippen LogP contribution in [0.5, 0.6) is 5.75 Å². The van der Waals surface area contributed by atoms with Crippen molar-refractivity contribution in [3.8, 4) is 5.75 Å². The van der Waals surface area contributed by atoms with Crippen LogP contribution in [0.4, 0.5) is 0 Å². The molecule has 0 saturated carbocycles. The number of rotatable bonds is 4. The fraction of sp³-hybridized carbons (Fsp3) is 0.471. The van der Waals surface area contributed by atoms with Gasteiger partial charge in [-0.2, -0.15) is 14.5 Å². The third kappa shape index (κ3) is 3.08. The van der Waals surface area contributed by atoms with Crippen LogP contribution in [0.2, 0.25) is 0 Å². The third-order valence-corrected chi connectivity index (χ3v) is 7.11. The standard InChI is InChI=1S/C17H22N6O3S/c1-12-16(10-21(2)20-12)27(24,25)22-6-4-13(5-7-22)14-9-23-17(18-11-19-23)8-15(14)26-3/h8-11,13H,4-7H2,1-3H3. The van der Waals surface area contributed by atoms with Crippen LogP contribution >= 0.6 is 0 Å². The Hall–Kier alpha value is -2.46. The van der Waals surface area contributed by atoms with Crippen LogP contribution in [-0.2, 0) is 17.1 Å². The van der Waals surface area contributed by atoms with E-state index in [-0.39, 0.29) is 10.8 Å². The Balaban J connectivity index is 1.56. The molecule has 4 rings (SSSR count). The molecule has 0 atom stereocenters. The second kappa shape index (κ2) is 6.61. The van der Waals surface area contributed by atoms with Crippen LogP contribution in [0, 0.1) is 6.92 Å². The Kier molecular flexibility index (Phi) is 4.39. The lowest BCUT2D eigenvalue weighted by atomic mass is 9.91. The molecule has 0 amide bonds. The quantitative estimate of drug-likeness (QED) is 0.667. The van der Waals surface area contributed by atoms with Gasteiger partial charge in [0.05, 0.1) is 12.8 Å². The van der Waals surface area contributed by atoms with Crippen molar-refractivity contribution in [2.45, 2.75) is 30.6 Å². The zero-order valence-electron chi connectivity index (χ0n) is 15.5. The first-order valence-electron chi connectivity index (χ1n) is 8.78. The fourth-order valence-electron chi connectivity index (χ4n) is 3.72. The summed E-state index contributed by atoms with van der Waals surface area (Å²) >= 11 is 0. The molecule has 1 aliphatic rings. The largest absolute Gasteiger partial charge is 0.496 e. The van der Waals surface area contributed by atoms with Crippen molar-refractivity contribution in [3.05, 3.63) is 36.0 Å². The van der Waals surface area contributed by atoms with Crippen LogP contribution in [0.25, 0.3) is 5.65 Å². The Morgan fingerprint density at radius 1 is 1.22 bits per heavy atom. The Morgan fingerprint density at radius 3 is 2.59 bits per heavy atom. The SMILES string of the molecule is COc1cc2ncnn2cc1C1CCN(S(=O)(=O)c2cn(C)nc2C)CC1. The van der Waals surface area contributed by atoms with Crippen molar-refractivity contribution >= 4 is 15.7 Å². The Morgan fingerprint density at radius 2 is 1.96 bits per heavy atom. The number of pyridine rings is 1. The van der Waals surface area contributed by atoms with E-state index in [2.05, 4.69) is 15.2 Å². The number of sulfonamides is 1. The van der Waals surface area contributed by atoms with E-state index >= 15 is 0 Å². The molecule has 0 bridgehead atoms. The molecule has 0 aromatic carbocycles. The van der Waals surface area contributed by atoms with Gasteiger partial charge in [0.1, 0.15) is 17.0 Å². The normalized spacial score (nSPS) is 16.9. The van der Waals surface area contributed by atoms with Crippen LogP contribution in [0.3, 0.4) is 0 Å². The van der Waals surface area contributed by atoms with Gasteiger partial charge in [0.15, 0.2) is 5.65 Å². The number of piperidine rings is 1. The van der Waals surface area contributed by atoms with Crippen molar-refractivity contribution in [3.63, 3.8) is 0 Å². The molecule has 0 aliphatic carbocycles. The number of aryl methyl sites for hydroxylation is 2. The van der Waals surface area contributed by atoms with E-state index in [1.165, 1.54) is 11.0 Å². The zero-order valence-corrected chi connectivity index (χ0v) is 16.3. The Labute approximate surface area is 157 Å². The highest BCUT2D eigenvalue weighted by atomic mass is 32.2. The van der Waals surface area contributed by atoms with Gasteiger partial charge in [0.25, 0.3) is 0 Å². The highest BCUT2D eigenvalue weighted by Gasteiger charge is 2.33. The summed E-state index contributed by atoms with van der Waals surface area (Å²) < 4.78 is 36.2. The fourth-order valence-corrected chi connectivity index (χ4v) is 5.39. The highest BCUT2D eigenvalue weighted by molar-refractivity contribution is 7.89. The predicted octanol–water partition coefficient (Wildman–Crippen LogP) is 1.35. The summed E-state index contributed by atoms with van der Waals surface area (Å²) in [5.74, 6) is 0.968. The number of hydrogen-bond acceptors (Lipinski definition) is 6. The monoisotopic (exact) mass is 390 g/mol. The van der Waals surface area contributed by atoms with Gasteiger partial charge in [-0.1, -0.05) is 0 Å². The van der Waals surface area contributed by atoms with Gasteiger partial charge < -0.3 is 4.74 Å². The van der Waals surface area contributed by atoms with Crippen LogP contribution in [0.15, 0.2) is 29.7 Å². The number of methoxy groups -OCH3 is 1. The number of fused-ring (bicyclic) bond motifs is 1. The van der Waals surface area contributed by atoms with Crippen LogP contribution < -0.4 is 4.74 Å². The van der Waals surface area contributed by atoms with Gasteiger partial charge in [0, 0.05) is 44.2 Å². The van der Waals surface area contributed by atoms with Gasteiger partial charge in [-0.15, -0.1) is 0 Å². The number of hydrogen-bond donors (Lipinski definition) is 0. The maximum absolute atomic E-state index is 13.0. The van der Waals surface area contributed by atoms with Crippen molar-refractivity contribution < 1.29 is 13.2 Å². The van der Waals surface area contributed by atoms with E-state index in [1.54, 1.807) is 36.1 Å². The molecule has 144 valence electrons. The molecule has 0 unspecified atom stereocenters. The van der Waals surface area contributed by atoms with E-state index in [4.69, 9.17) is 4.74 Å². The highest BCUT2D eigenvalue weighted by Crippen LogP contribution is 2.36. The first kappa shape index (κ1) is 17.9. The third-order valence-electron chi connectivity index (χ3n) is 5.11. The molecule has 0 N–H and O–H groups in total. The smallest absolute Gasteiger partial charge is 0.246 e. The maximum atomic E-state index is 13.0. The molecular weight excluding hydrogens is 368 g/mol. The van der Waals surface area contributed by atoms with Crippen LogP contribution in [0.1, 0.15) is 30.0 Å². The molecular formula is C17H22N6O3S. The molecule has 1 saturated heterocycles. The van der Waals surface area contributed by atoms with Gasteiger partial charge in [-0.25, -0.2) is 17.9 Å². The second-order valence-corrected chi connectivity index (χ2v) is 8.70. The first-order valence-corrected chi connectivity index (χ1v) is 10.2. The topological polar surface area (TPSA) is 94.6 Å². The summed E-state index contributed by atoms with van der Waals surface area (Å²) in [6.07, 6.45) is 6.44. The van der Waals surface area contributed by atoms with Crippen molar-refractivity contribution in [1.82, 2.24) is 28.7 Å². The summed E-state index contributed by atoms with van der Waals surface area (Å²) in [6, 6.07) is 1.87. The molecule has 0 radical (unpaired) electrons. The van der Waals surface area contributed by atoms with Crippen LogP contribution in [-0.4, -0.2) is 57.3 Å². The summed E-state index contributed by atoms with van der Waals surface area (Å²) in [4.78, 5) is 4.46. The molecule has 3 aromatic heterocycles. The minimum Gasteiger partial charge on any atom is -0.496 e. The molecule has 3 aromatic rings. The summed E-state index contributed by atoms with van der Waals surface area (Å²) in [6.45, 7) is 2.64. The summed E-state index contributed by atoms with van der Waals surface area (Å²) in [7, 11) is -0.165. The molecule has 9 nitrogen and oxygen atoms in total. The molecule has 1 fully saturated rings. The van der Waals surface area contributed by atoms with Gasteiger partial charge in [-0.3, -0.25) is 4.68 Å².